The van der Waals surface area contributed by atoms with Crippen LogP contribution in [-0.4, -0.2) is 36.5 Å². The van der Waals surface area contributed by atoms with E-state index in [-0.39, 0.29) is 18.2 Å². The van der Waals surface area contributed by atoms with Crippen molar-refractivity contribution in [3.05, 3.63) is 24.3 Å². The lowest BCUT2D eigenvalue weighted by Gasteiger charge is -2.40. The molecule has 4 nitrogen and oxygen atoms in total. The Labute approximate surface area is 126 Å². The summed E-state index contributed by atoms with van der Waals surface area (Å²) in [6.45, 7) is 0.196. The summed E-state index contributed by atoms with van der Waals surface area (Å²) in [5.41, 5.74) is -0.150. The van der Waals surface area contributed by atoms with Crippen LogP contribution in [-0.2, 0) is 0 Å². The van der Waals surface area contributed by atoms with Gasteiger partial charge < -0.3 is 19.9 Å². The zero-order chi connectivity index (χ0) is 14.7. The Kier molecular flexibility index (Phi) is 4.36. The Morgan fingerprint density at radius 1 is 1.29 bits per heavy atom. The van der Waals surface area contributed by atoms with Gasteiger partial charge in [0.1, 0.15) is 17.6 Å². The molecular weight excluding hydrogens is 266 g/mol. The maximum Gasteiger partial charge on any atom is 0.123 e. The third-order valence-corrected chi connectivity index (χ3v) is 4.53. The molecule has 2 aliphatic rings. The molecule has 0 radical (unpaired) electrons. The van der Waals surface area contributed by atoms with E-state index in [2.05, 4.69) is 5.32 Å². The van der Waals surface area contributed by atoms with Crippen molar-refractivity contribution in [2.45, 2.75) is 56.2 Å². The number of aliphatic hydroxyl groups is 1. The van der Waals surface area contributed by atoms with Gasteiger partial charge in [-0.05, 0) is 44.2 Å². The quantitative estimate of drug-likeness (QED) is 0.845. The summed E-state index contributed by atoms with van der Waals surface area (Å²) in [5, 5.41) is 13.5. The van der Waals surface area contributed by atoms with Crippen molar-refractivity contribution < 1.29 is 14.6 Å². The molecule has 2 unspecified atom stereocenters. The Morgan fingerprint density at radius 3 is 2.81 bits per heavy atom. The molecule has 1 aromatic rings. The normalized spacial score (nSPS) is 29.1. The first-order valence-electron chi connectivity index (χ1n) is 7.92. The van der Waals surface area contributed by atoms with Gasteiger partial charge >= 0.3 is 0 Å². The molecule has 0 amide bonds. The van der Waals surface area contributed by atoms with Crippen LogP contribution in [0.1, 0.15) is 38.5 Å². The average molecular weight is 291 g/mol. The van der Waals surface area contributed by atoms with E-state index >= 15 is 0 Å². The fourth-order valence-electron chi connectivity index (χ4n) is 3.26. The summed E-state index contributed by atoms with van der Waals surface area (Å²) in [6.07, 6.45) is 6.69. The molecule has 2 fully saturated rings. The highest BCUT2D eigenvalue weighted by Crippen LogP contribution is 2.34. The van der Waals surface area contributed by atoms with Gasteiger partial charge in [-0.1, -0.05) is 6.07 Å². The number of nitrogens with one attached hydrogen (secondary N) is 1. The number of rotatable bonds is 6. The predicted octanol–water partition coefficient (Wildman–Crippen LogP) is 2.50. The second-order valence-electron chi connectivity index (χ2n) is 6.37. The molecule has 0 bridgehead atoms. The molecule has 0 heterocycles. The van der Waals surface area contributed by atoms with Crippen LogP contribution in [0.2, 0.25) is 0 Å². The van der Waals surface area contributed by atoms with Crippen LogP contribution >= 0.6 is 0 Å². The van der Waals surface area contributed by atoms with Gasteiger partial charge in [0.2, 0.25) is 0 Å². The highest BCUT2D eigenvalue weighted by molar-refractivity contribution is 5.33. The van der Waals surface area contributed by atoms with Crippen molar-refractivity contribution in [3.8, 4) is 11.5 Å². The van der Waals surface area contributed by atoms with Crippen molar-refractivity contribution in [2.24, 2.45) is 0 Å². The molecule has 2 N–H and O–H groups in total. The topological polar surface area (TPSA) is 50.7 Å². The number of benzene rings is 1. The molecule has 3 rings (SSSR count). The Balaban J connectivity index is 1.64. The first-order valence-corrected chi connectivity index (χ1v) is 7.92. The lowest BCUT2D eigenvalue weighted by Crippen LogP contribution is -2.54. The van der Waals surface area contributed by atoms with Gasteiger partial charge in [0.15, 0.2) is 0 Å². The van der Waals surface area contributed by atoms with E-state index in [0.717, 1.165) is 37.2 Å². The lowest BCUT2D eigenvalue weighted by molar-refractivity contribution is 0.0496. The zero-order valence-corrected chi connectivity index (χ0v) is 12.7. The SMILES string of the molecule is COc1cccc(OC2CCCC(CO)(NC3CC3)C2)c1. The van der Waals surface area contributed by atoms with Crippen molar-refractivity contribution >= 4 is 0 Å². The Morgan fingerprint density at radius 2 is 2.10 bits per heavy atom. The number of methoxy groups -OCH3 is 1. The molecule has 0 aromatic heterocycles. The third kappa shape index (κ3) is 3.69. The summed E-state index contributed by atoms with van der Waals surface area (Å²) < 4.78 is 11.4. The first-order chi connectivity index (χ1) is 10.2. The molecule has 2 atom stereocenters. The van der Waals surface area contributed by atoms with Gasteiger partial charge in [-0.15, -0.1) is 0 Å². The largest absolute Gasteiger partial charge is 0.497 e. The van der Waals surface area contributed by atoms with Crippen LogP contribution in [0, 0.1) is 0 Å². The third-order valence-electron chi connectivity index (χ3n) is 4.53. The molecule has 4 heteroatoms. The van der Waals surface area contributed by atoms with Gasteiger partial charge in [-0.25, -0.2) is 0 Å². The number of hydrogen-bond donors (Lipinski definition) is 2. The summed E-state index contributed by atoms with van der Waals surface area (Å²) in [7, 11) is 1.66. The Bertz CT molecular complexity index is 475. The second kappa shape index (κ2) is 6.24. The number of ether oxygens (including phenoxy) is 2. The predicted molar refractivity (Wildman–Crippen MR) is 81.9 cm³/mol. The van der Waals surface area contributed by atoms with Crippen LogP contribution in [0.3, 0.4) is 0 Å². The van der Waals surface area contributed by atoms with Crippen LogP contribution in [0.5, 0.6) is 11.5 Å². The minimum Gasteiger partial charge on any atom is -0.497 e. The number of hydrogen-bond acceptors (Lipinski definition) is 4. The average Bonchev–Trinajstić information content (AvgIpc) is 3.31. The van der Waals surface area contributed by atoms with E-state index in [4.69, 9.17) is 9.47 Å². The van der Waals surface area contributed by atoms with Crippen LogP contribution in [0.15, 0.2) is 24.3 Å². The van der Waals surface area contributed by atoms with Crippen molar-refractivity contribution in [1.29, 1.82) is 0 Å². The van der Waals surface area contributed by atoms with Crippen molar-refractivity contribution in [1.82, 2.24) is 5.32 Å². The van der Waals surface area contributed by atoms with E-state index < -0.39 is 0 Å². The monoisotopic (exact) mass is 291 g/mol. The molecule has 0 saturated heterocycles. The van der Waals surface area contributed by atoms with Crippen LogP contribution in [0.25, 0.3) is 0 Å². The maximum absolute atomic E-state index is 9.85. The highest BCUT2D eigenvalue weighted by atomic mass is 16.5. The van der Waals surface area contributed by atoms with E-state index in [9.17, 15) is 5.11 Å². The first kappa shape index (κ1) is 14.7. The fourth-order valence-corrected chi connectivity index (χ4v) is 3.26. The minimum absolute atomic E-state index is 0.150. The molecule has 116 valence electrons. The molecule has 2 aliphatic carbocycles. The van der Waals surface area contributed by atoms with Gasteiger partial charge in [0.25, 0.3) is 0 Å². The van der Waals surface area contributed by atoms with Gasteiger partial charge in [0.05, 0.1) is 13.7 Å². The minimum atomic E-state index is -0.150. The second-order valence-corrected chi connectivity index (χ2v) is 6.37. The molecule has 1 aromatic carbocycles. The van der Waals surface area contributed by atoms with Crippen LogP contribution < -0.4 is 14.8 Å². The number of aliphatic hydroxyl groups excluding tert-OH is 1. The summed E-state index contributed by atoms with van der Waals surface area (Å²) in [4.78, 5) is 0. The molecule has 21 heavy (non-hydrogen) atoms. The summed E-state index contributed by atoms with van der Waals surface area (Å²) in [5.74, 6) is 1.66. The van der Waals surface area contributed by atoms with E-state index in [1.807, 2.05) is 24.3 Å². The van der Waals surface area contributed by atoms with Gasteiger partial charge in [0, 0.05) is 24.1 Å². The molecule has 0 aliphatic heterocycles. The van der Waals surface area contributed by atoms with E-state index in [0.29, 0.717) is 6.04 Å². The molecule has 2 saturated carbocycles. The Hall–Kier alpha value is -1.26. The standard InChI is InChI=1S/C17H25NO3/c1-20-14-4-2-5-15(10-14)21-16-6-3-9-17(11-16,12-19)18-13-7-8-13/h2,4-5,10,13,16,18-19H,3,6-9,11-12H2,1H3. The van der Waals surface area contributed by atoms with Gasteiger partial charge in [-0.3, -0.25) is 0 Å². The smallest absolute Gasteiger partial charge is 0.123 e. The van der Waals surface area contributed by atoms with E-state index in [1.54, 1.807) is 7.11 Å². The van der Waals surface area contributed by atoms with Gasteiger partial charge in [-0.2, -0.15) is 0 Å². The highest BCUT2D eigenvalue weighted by Gasteiger charge is 2.40. The molecule has 0 spiro atoms. The van der Waals surface area contributed by atoms with Crippen molar-refractivity contribution in [2.75, 3.05) is 13.7 Å². The fraction of sp³-hybridized carbons (Fsp3) is 0.647. The summed E-state index contributed by atoms with van der Waals surface area (Å²) in [6, 6.07) is 8.35. The van der Waals surface area contributed by atoms with Crippen molar-refractivity contribution in [3.63, 3.8) is 0 Å². The summed E-state index contributed by atoms with van der Waals surface area (Å²) >= 11 is 0. The maximum atomic E-state index is 9.85. The molecular formula is C17H25NO3. The van der Waals surface area contributed by atoms with E-state index in [1.165, 1.54) is 12.8 Å². The van der Waals surface area contributed by atoms with Crippen LogP contribution in [0.4, 0.5) is 0 Å². The zero-order valence-electron chi connectivity index (χ0n) is 12.7. The lowest BCUT2D eigenvalue weighted by atomic mass is 9.80.